The third-order valence-electron chi connectivity index (χ3n) is 2.62. The summed E-state index contributed by atoms with van der Waals surface area (Å²) in [6.45, 7) is 5.12. The van der Waals surface area contributed by atoms with Crippen molar-refractivity contribution in [2.75, 3.05) is 5.73 Å². The number of aromatic nitrogens is 2. The van der Waals surface area contributed by atoms with Crippen LogP contribution in [0.5, 0.6) is 5.75 Å². The Bertz CT molecular complexity index is 686. The van der Waals surface area contributed by atoms with Crippen molar-refractivity contribution in [1.82, 2.24) is 9.78 Å². The number of alkyl halides is 3. The van der Waals surface area contributed by atoms with Crippen LogP contribution in [0.15, 0.2) is 24.3 Å². The van der Waals surface area contributed by atoms with E-state index in [0.717, 1.165) is 6.07 Å². The van der Waals surface area contributed by atoms with E-state index in [0.29, 0.717) is 0 Å². The van der Waals surface area contributed by atoms with E-state index in [9.17, 15) is 17.6 Å². The van der Waals surface area contributed by atoms with E-state index in [1.165, 1.54) is 18.2 Å². The molecule has 4 nitrogen and oxygen atoms in total. The monoisotopic (exact) mass is 317 g/mol. The predicted octanol–water partition coefficient (Wildman–Crippen LogP) is 3.93. The van der Waals surface area contributed by atoms with Crippen molar-refractivity contribution in [3.05, 3.63) is 30.1 Å². The first-order valence-electron chi connectivity index (χ1n) is 6.40. The molecule has 2 aromatic rings. The third-order valence-corrected chi connectivity index (χ3v) is 2.62. The van der Waals surface area contributed by atoms with Gasteiger partial charge in [-0.3, -0.25) is 0 Å². The SMILES string of the molecule is CC(C)(C)Oc1cccc(-c2cc(N)nn2C(F)(F)F)c1F. The molecule has 2 N–H and O–H groups in total. The van der Waals surface area contributed by atoms with Gasteiger partial charge in [-0.2, -0.15) is 4.68 Å². The number of nitrogen functional groups attached to an aromatic ring is 1. The zero-order valence-corrected chi connectivity index (χ0v) is 12.2. The molecule has 120 valence electrons. The highest BCUT2D eigenvalue weighted by Gasteiger charge is 2.36. The van der Waals surface area contributed by atoms with Crippen LogP contribution in [0.4, 0.5) is 23.4 Å². The fraction of sp³-hybridized carbons (Fsp3) is 0.357. The van der Waals surface area contributed by atoms with Crippen molar-refractivity contribution in [3.8, 4) is 17.0 Å². The molecule has 1 aromatic heterocycles. The van der Waals surface area contributed by atoms with Crippen LogP contribution in [-0.4, -0.2) is 15.4 Å². The summed E-state index contributed by atoms with van der Waals surface area (Å²) in [5, 5.41) is 3.17. The number of halogens is 4. The summed E-state index contributed by atoms with van der Waals surface area (Å²) in [7, 11) is 0. The van der Waals surface area contributed by atoms with Gasteiger partial charge in [0.25, 0.3) is 0 Å². The molecule has 0 saturated heterocycles. The zero-order chi connectivity index (χ0) is 16.7. The summed E-state index contributed by atoms with van der Waals surface area (Å²) in [5.41, 5.74) is 3.85. The van der Waals surface area contributed by atoms with Gasteiger partial charge in [-0.25, -0.2) is 4.39 Å². The lowest BCUT2D eigenvalue weighted by atomic mass is 10.1. The minimum atomic E-state index is -4.81. The lowest BCUT2D eigenvalue weighted by Crippen LogP contribution is -2.24. The van der Waals surface area contributed by atoms with E-state index in [1.807, 2.05) is 0 Å². The Morgan fingerprint density at radius 2 is 1.82 bits per heavy atom. The van der Waals surface area contributed by atoms with Crippen molar-refractivity contribution < 1.29 is 22.3 Å². The molecule has 0 aliphatic carbocycles. The Balaban J connectivity index is 2.58. The molecule has 0 spiro atoms. The minimum absolute atomic E-state index is 0.140. The number of nitrogens with zero attached hydrogens (tertiary/aromatic N) is 2. The molecule has 0 aliphatic heterocycles. The lowest BCUT2D eigenvalue weighted by molar-refractivity contribution is -0.210. The van der Waals surface area contributed by atoms with E-state index in [4.69, 9.17) is 10.5 Å². The highest BCUT2D eigenvalue weighted by Crippen LogP contribution is 2.35. The fourth-order valence-corrected chi connectivity index (χ4v) is 1.90. The molecule has 1 aromatic carbocycles. The van der Waals surface area contributed by atoms with Crippen LogP contribution in [0.1, 0.15) is 20.8 Å². The molecule has 0 radical (unpaired) electrons. The van der Waals surface area contributed by atoms with Crippen molar-refractivity contribution in [2.45, 2.75) is 32.7 Å². The van der Waals surface area contributed by atoms with E-state index < -0.39 is 23.4 Å². The average Bonchev–Trinajstić information content (AvgIpc) is 2.72. The standard InChI is InChI=1S/C14H15F4N3O/c1-13(2,3)22-10-6-4-5-8(12(10)15)9-7-11(19)20-21(9)14(16,17)18/h4-7H,1-3H3,(H2,19,20). The average molecular weight is 317 g/mol. The van der Waals surface area contributed by atoms with Gasteiger partial charge in [0.15, 0.2) is 11.6 Å². The second-order valence-electron chi connectivity index (χ2n) is 5.67. The van der Waals surface area contributed by atoms with Crippen molar-refractivity contribution >= 4 is 5.82 Å². The topological polar surface area (TPSA) is 53.1 Å². The van der Waals surface area contributed by atoms with Gasteiger partial charge in [0.05, 0.1) is 5.69 Å². The first-order valence-corrected chi connectivity index (χ1v) is 6.40. The number of nitrogens with two attached hydrogens (primary N) is 1. The van der Waals surface area contributed by atoms with Gasteiger partial charge < -0.3 is 10.5 Å². The Morgan fingerprint density at radius 3 is 2.36 bits per heavy atom. The van der Waals surface area contributed by atoms with Gasteiger partial charge in [-0.15, -0.1) is 18.3 Å². The van der Waals surface area contributed by atoms with Crippen LogP contribution in [0.3, 0.4) is 0 Å². The van der Waals surface area contributed by atoms with Crippen LogP contribution in [0, 0.1) is 5.82 Å². The zero-order valence-electron chi connectivity index (χ0n) is 12.2. The molecule has 2 rings (SSSR count). The third kappa shape index (κ3) is 3.32. The second-order valence-corrected chi connectivity index (χ2v) is 5.67. The number of anilines is 1. The molecule has 0 aliphatic rings. The quantitative estimate of drug-likeness (QED) is 0.854. The number of benzene rings is 1. The van der Waals surface area contributed by atoms with Crippen molar-refractivity contribution in [2.24, 2.45) is 0 Å². The summed E-state index contributed by atoms with van der Waals surface area (Å²) in [6, 6.07) is 4.93. The van der Waals surface area contributed by atoms with Crippen molar-refractivity contribution in [3.63, 3.8) is 0 Å². The maximum atomic E-state index is 14.5. The fourth-order valence-electron chi connectivity index (χ4n) is 1.90. The largest absolute Gasteiger partial charge is 0.505 e. The van der Waals surface area contributed by atoms with E-state index in [-0.39, 0.29) is 21.8 Å². The molecule has 1 heterocycles. The first-order chi connectivity index (χ1) is 9.99. The molecule has 8 heteroatoms. The van der Waals surface area contributed by atoms with Gasteiger partial charge in [0.1, 0.15) is 11.4 Å². The molecule has 0 saturated carbocycles. The first kappa shape index (κ1) is 16.1. The van der Waals surface area contributed by atoms with E-state index in [1.54, 1.807) is 20.8 Å². The molecule has 0 fully saturated rings. The van der Waals surface area contributed by atoms with Crippen LogP contribution in [0.2, 0.25) is 0 Å². The van der Waals surface area contributed by atoms with Gasteiger partial charge in [0.2, 0.25) is 0 Å². The smallest absolute Gasteiger partial charge is 0.485 e. The Hall–Kier alpha value is -2.25. The predicted molar refractivity (Wildman–Crippen MR) is 73.7 cm³/mol. The van der Waals surface area contributed by atoms with Gasteiger partial charge in [-0.05, 0) is 32.9 Å². The van der Waals surface area contributed by atoms with Gasteiger partial charge in [0, 0.05) is 11.6 Å². The molecule has 0 unspecified atom stereocenters. The number of rotatable bonds is 2. The number of ether oxygens (including phenoxy) is 1. The van der Waals surface area contributed by atoms with Gasteiger partial charge >= 0.3 is 6.30 Å². The lowest BCUT2D eigenvalue weighted by Gasteiger charge is -2.22. The van der Waals surface area contributed by atoms with Crippen molar-refractivity contribution in [1.29, 1.82) is 0 Å². The Labute approximate surface area is 124 Å². The number of hydrogen-bond donors (Lipinski definition) is 1. The molecular weight excluding hydrogens is 302 g/mol. The normalized spacial score (nSPS) is 12.5. The molecule has 0 atom stereocenters. The highest BCUT2D eigenvalue weighted by atomic mass is 19.4. The van der Waals surface area contributed by atoms with E-state index >= 15 is 0 Å². The summed E-state index contributed by atoms with van der Waals surface area (Å²) in [4.78, 5) is 0. The van der Waals surface area contributed by atoms with E-state index in [2.05, 4.69) is 5.10 Å². The molecular formula is C14H15F4N3O. The maximum absolute atomic E-state index is 14.5. The second kappa shape index (κ2) is 5.19. The minimum Gasteiger partial charge on any atom is -0.485 e. The van der Waals surface area contributed by atoms with Gasteiger partial charge in [-0.1, -0.05) is 6.07 Å². The Morgan fingerprint density at radius 1 is 1.18 bits per heavy atom. The molecule has 0 bridgehead atoms. The number of hydrogen-bond acceptors (Lipinski definition) is 3. The maximum Gasteiger partial charge on any atom is 0.505 e. The van der Waals surface area contributed by atoms with Crippen LogP contribution in [-0.2, 0) is 6.30 Å². The van der Waals surface area contributed by atoms with Crippen LogP contribution >= 0.6 is 0 Å². The highest BCUT2D eigenvalue weighted by molar-refractivity contribution is 5.65. The summed E-state index contributed by atoms with van der Waals surface area (Å²) in [5.74, 6) is -1.39. The summed E-state index contributed by atoms with van der Waals surface area (Å²) in [6.07, 6.45) is -4.81. The Kier molecular flexibility index (Phi) is 3.80. The summed E-state index contributed by atoms with van der Waals surface area (Å²) >= 11 is 0. The molecule has 22 heavy (non-hydrogen) atoms. The molecule has 0 amide bonds. The summed E-state index contributed by atoms with van der Waals surface area (Å²) < 4.78 is 58.5. The van der Waals surface area contributed by atoms with Crippen LogP contribution < -0.4 is 10.5 Å². The van der Waals surface area contributed by atoms with Crippen LogP contribution in [0.25, 0.3) is 11.3 Å².